The Balaban J connectivity index is 2.32. The summed E-state index contributed by atoms with van der Waals surface area (Å²) in [5.41, 5.74) is 0. The van der Waals surface area contributed by atoms with Crippen molar-refractivity contribution < 1.29 is 14.3 Å². The molecule has 1 heterocycles. The fraction of sp³-hybridized carbons (Fsp3) is 0.833. The van der Waals surface area contributed by atoms with Crippen molar-refractivity contribution in [2.75, 3.05) is 53.4 Å². The van der Waals surface area contributed by atoms with Gasteiger partial charge in [0.2, 0.25) is 5.91 Å². The molecule has 0 aliphatic carbocycles. The number of rotatable bonds is 5. The number of ether oxygens (including phenoxy) is 1. The highest BCUT2D eigenvalue weighted by molar-refractivity contribution is 5.78. The van der Waals surface area contributed by atoms with Gasteiger partial charge in [-0.3, -0.25) is 14.5 Å². The summed E-state index contributed by atoms with van der Waals surface area (Å²) in [6, 6.07) is 0. The van der Waals surface area contributed by atoms with E-state index in [0.717, 1.165) is 26.2 Å². The maximum absolute atomic E-state index is 12.0. The summed E-state index contributed by atoms with van der Waals surface area (Å²) < 4.78 is 4.66. The molecule has 1 amide bonds. The molecule has 1 atom stereocenters. The summed E-state index contributed by atoms with van der Waals surface area (Å²) in [5.74, 6) is -0.330. The highest BCUT2D eigenvalue weighted by Crippen LogP contribution is 2.02. The summed E-state index contributed by atoms with van der Waals surface area (Å²) >= 11 is 0. The van der Waals surface area contributed by atoms with Crippen LogP contribution in [0.15, 0.2) is 0 Å². The van der Waals surface area contributed by atoms with Crippen LogP contribution in [0.4, 0.5) is 0 Å². The number of nitrogens with zero attached hydrogens (tertiary/aromatic N) is 2. The number of carbonyl (C=O) groups excluding carboxylic acids is 2. The molecule has 1 aliphatic rings. The van der Waals surface area contributed by atoms with Crippen molar-refractivity contribution in [2.24, 2.45) is 5.92 Å². The van der Waals surface area contributed by atoms with Gasteiger partial charge in [0.25, 0.3) is 0 Å². The number of esters is 1. The first-order valence-electron chi connectivity index (χ1n) is 6.29. The third kappa shape index (κ3) is 4.62. The summed E-state index contributed by atoms with van der Waals surface area (Å²) in [4.78, 5) is 27.0. The predicted octanol–water partition coefficient (Wildman–Crippen LogP) is -0.841. The number of amides is 1. The monoisotopic (exact) mass is 257 g/mol. The Morgan fingerprint density at radius 1 is 1.39 bits per heavy atom. The van der Waals surface area contributed by atoms with Gasteiger partial charge in [0.1, 0.15) is 0 Å². The third-order valence-electron chi connectivity index (χ3n) is 3.06. The topological polar surface area (TPSA) is 61.9 Å². The van der Waals surface area contributed by atoms with Gasteiger partial charge >= 0.3 is 5.97 Å². The number of methoxy groups -OCH3 is 1. The molecule has 1 rings (SSSR count). The molecule has 0 radical (unpaired) electrons. The molecule has 0 spiro atoms. The number of hydrogen-bond acceptors (Lipinski definition) is 5. The van der Waals surface area contributed by atoms with Crippen molar-refractivity contribution in [3.8, 4) is 0 Å². The zero-order chi connectivity index (χ0) is 13.5. The molecule has 0 aromatic heterocycles. The standard InChI is InChI=1S/C12H23N3O3/c1-10(12(17)18-3)8-14(2)9-11(16)15-6-4-13-5-7-15/h10,13H,4-9H2,1-3H3. The van der Waals surface area contributed by atoms with Crippen molar-refractivity contribution in [2.45, 2.75) is 6.92 Å². The van der Waals surface area contributed by atoms with E-state index in [9.17, 15) is 9.59 Å². The maximum Gasteiger partial charge on any atom is 0.309 e. The Bertz CT molecular complexity index is 290. The lowest BCUT2D eigenvalue weighted by Crippen LogP contribution is -2.49. The van der Waals surface area contributed by atoms with E-state index in [-0.39, 0.29) is 17.8 Å². The molecule has 1 aliphatic heterocycles. The third-order valence-corrected chi connectivity index (χ3v) is 3.06. The van der Waals surface area contributed by atoms with Crippen LogP contribution >= 0.6 is 0 Å². The van der Waals surface area contributed by atoms with E-state index in [4.69, 9.17) is 0 Å². The summed E-state index contributed by atoms with van der Waals surface area (Å²) in [7, 11) is 3.23. The Morgan fingerprint density at radius 2 is 2.00 bits per heavy atom. The number of carbonyl (C=O) groups is 2. The van der Waals surface area contributed by atoms with E-state index in [1.165, 1.54) is 7.11 Å². The van der Waals surface area contributed by atoms with Gasteiger partial charge in [-0.05, 0) is 7.05 Å². The van der Waals surface area contributed by atoms with Crippen LogP contribution in [0.2, 0.25) is 0 Å². The quantitative estimate of drug-likeness (QED) is 0.651. The van der Waals surface area contributed by atoms with Crippen LogP contribution in [-0.2, 0) is 14.3 Å². The summed E-state index contributed by atoms with van der Waals surface area (Å²) in [6.45, 7) is 5.92. The molecule has 1 fully saturated rings. The van der Waals surface area contributed by atoms with Crippen LogP contribution in [0, 0.1) is 5.92 Å². The van der Waals surface area contributed by atoms with Gasteiger partial charge in [0.15, 0.2) is 0 Å². The largest absolute Gasteiger partial charge is 0.469 e. The van der Waals surface area contributed by atoms with E-state index in [2.05, 4.69) is 10.1 Å². The summed E-state index contributed by atoms with van der Waals surface area (Å²) in [6.07, 6.45) is 0. The minimum atomic E-state index is -0.239. The molecule has 18 heavy (non-hydrogen) atoms. The minimum absolute atomic E-state index is 0.121. The normalized spacial score (nSPS) is 17.7. The van der Waals surface area contributed by atoms with Gasteiger partial charge in [-0.2, -0.15) is 0 Å². The van der Waals surface area contributed by atoms with Gasteiger partial charge in [-0.1, -0.05) is 6.92 Å². The lowest BCUT2D eigenvalue weighted by atomic mass is 10.2. The molecule has 1 unspecified atom stereocenters. The lowest BCUT2D eigenvalue weighted by molar-refractivity contribution is -0.146. The number of likely N-dealkylation sites (N-methyl/N-ethyl adjacent to an activating group) is 1. The van der Waals surface area contributed by atoms with E-state index in [1.807, 2.05) is 16.8 Å². The van der Waals surface area contributed by atoms with Gasteiger partial charge in [0.05, 0.1) is 19.6 Å². The first-order valence-corrected chi connectivity index (χ1v) is 6.29. The maximum atomic E-state index is 12.0. The second kappa shape index (κ2) is 7.33. The zero-order valence-corrected chi connectivity index (χ0v) is 11.4. The van der Waals surface area contributed by atoms with Crippen molar-refractivity contribution >= 4 is 11.9 Å². The first kappa shape index (κ1) is 14.9. The van der Waals surface area contributed by atoms with Crippen molar-refractivity contribution in [1.29, 1.82) is 0 Å². The molecule has 0 bridgehead atoms. The van der Waals surface area contributed by atoms with Crippen molar-refractivity contribution in [3.05, 3.63) is 0 Å². The fourth-order valence-electron chi connectivity index (χ4n) is 2.05. The molecule has 0 aromatic rings. The zero-order valence-electron chi connectivity index (χ0n) is 11.4. The molecule has 0 aromatic carbocycles. The van der Waals surface area contributed by atoms with Crippen LogP contribution < -0.4 is 5.32 Å². The summed E-state index contributed by atoms with van der Waals surface area (Å²) in [5, 5.41) is 3.21. The number of piperazine rings is 1. The van der Waals surface area contributed by atoms with Gasteiger partial charge in [-0.25, -0.2) is 0 Å². The van der Waals surface area contributed by atoms with Crippen LogP contribution in [-0.4, -0.2) is 75.1 Å². The minimum Gasteiger partial charge on any atom is -0.469 e. The molecular formula is C12H23N3O3. The van der Waals surface area contributed by atoms with E-state index in [1.54, 1.807) is 6.92 Å². The van der Waals surface area contributed by atoms with Crippen molar-refractivity contribution in [1.82, 2.24) is 15.1 Å². The second-order valence-electron chi connectivity index (χ2n) is 4.75. The fourth-order valence-corrected chi connectivity index (χ4v) is 2.05. The highest BCUT2D eigenvalue weighted by Gasteiger charge is 2.20. The second-order valence-corrected chi connectivity index (χ2v) is 4.75. The average Bonchev–Trinajstić information content (AvgIpc) is 2.38. The highest BCUT2D eigenvalue weighted by atomic mass is 16.5. The van der Waals surface area contributed by atoms with E-state index in [0.29, 0.717) is 13.1 Å². The molecular weight excluding hydrogens is 234 g/mol. The van der Waals surface area contributed by atoms with Gasteiger partial charge in [0, 0.05) is 32.7 Å². The predicted molar refractivity (Wildman–Crippen MR) is 68.1 cm³/mol. The molecule has 104 valence electrons. The van der Waals surface area contributed by atoms with Gasteiger partial charge in [-0.15, -0.1) is 0 Å². The molecule has 0 saturated carbocycles. The van der Waals surface area contributed by atoms with Crippen molar-refractivity contribution in [3.63, 3.8) is 0 Å². The van der Waals surface area contributed by atoms with Crippen LogP contribution in [0.1, 0.15) is 6.92 Å². The first-order chi connectivity index (χ1) is 8.54. The smallest absolute Gasteiger partial charge is 0.309 e. The van der Waals surface area contributed by atoms with Crippen LogP contribution in [0.3, 0.4) is 0 Å². The number of hydrogen-bond donors (Lipinski definition) is 1. The molecule has 6 heteroatoms. The van der Waals surface area contributed by atoms with E-state index < -0.39 is 0 Å². The average molecular weight is 257 g/mol. The lowest BCUT2D eigenvalue weighted by Gasteiger charge is -2.29. The molecule has 1 N–H and O–H groups in total. The van der Waals surface area contributed by atoms with Crippen LogP contribution in [0.25, 0.3) is 0 Å². The Hall–Kier alpha value is -1.14. The Labute approximate surface area is 108 Å². The van der Waals surface area contributed by atoms with Gasteiger partial charge < -0.3 is 15.0 Å². The SMILES string of the molecule is COC(=O)C(C)CN(C)CC(=O)N1CCNCC1. The molecule has 1 saturated heterocycles. The Kier molecular flexibility index (Phi) is 6.07. The Morgan fingerprint density at radius 3 is 2.56 bits per heavy atom. The number of nitrogens with one attached hydrogen (secondary N) is 1. The molecule has 6 nitrogen and oxygen atoms in total. The van der Waals surface area contributed by atoms with Crippen LogP contribution in [0.5, 0.6) is 0 Å². The van der Waals surface area contributed by atoms with E-state index >= 15 is 0 Å².